The topological polar surface area (TPSA) is 111 Å². The van der Waals surface area contributed by atoms with E-state index in [0.29, 0.717) is 30.8 Å². The number of rotatable bonds is 11. The summed E-state index contributed by atoms with van der Waals surface area (Å²) in [6.07, 6.45) is 1.31. The zero-order valence-electron chi connectivity index (χ0n) is 16.1. The molecule has 2 aromatic rings. The Morgan fingerprint density at radius 1 is 0.724 bits per heavy atom. The molecule has 2 aromatic carbocycles. The second-order valence-corrected chi connectivity index (χ2v) is 6.53. The fourth-order valence-electron chi connectivity index (χ4n) is 2.74. The molecule has 0 aromatic heterocycles. The molecule has 0 aliphatic heterocycles. The zero-order chi connectivity index (χ0) is 20.9. The van der Waals surface area contributed by atoms with Gasteiger partial charge >= 0.3 is 0 Å². The fourth-order valence-corrected chi connectivity index (χ4v) is 2.74. The Balaban J connectivity index is 1.89. The zero-order valence-corrected chi connectivity index (χ0v) is 16.1. The Labute approximate surface area is 169 Å². The molecule has 0 radical (unpaired) electrons. The van der Waals surface area contributed by atoms with Gasteiger partial charge in [-0.05, 0) is 43.7 Å². The molecule has 0 aliphatic rings. The van der Waals surface area contributed by atoms with Crippen LogP contribution in [0.4, 0.5) is 11.4 Å². The summed E-state index contributed by atoms with van der Waals surface area (Å²) in [7, 11) is 0. The van der Waals surface area contributed by atoms with E-state index in [2.05, 4.69) is 10.6 Å². The highest BCUT2D eigenvalue weighted by atomic mass is 16.5. The van der Waals surface area contributed by atoms with Crippen LogP contribution in [0.15, 0.2) is 60.7 Å². The molecule has 29 heavy (non-hydrogen) atoms. The van der Waals surface area contributed by atoms with Gasteiger partial charge in [-0.2, -0.15) is 0 Å². The van der Waals surface area contributed by atoms with Crippen molar-refractivity contribution in [3.05, 3.63) is 60.7 Å². The predicted molar refractivity (Wildman–Crippen MR) is 110 cm³/mol. The number of anilines is 2. The van der Waals surface area contributed by atoms with Crippen LogP contribution >= 0.6 is 0 Å². The number of amides is 3. The van der Waals surface area contributed by atoms with E-state index in [0.717, 1.165) is 0 Å². The summed E-state index contributed by atoms with van der Waals surface area (Å²) in [6.45, 7) is 0.551. The van der Waals surface area contributed by atoms with E-state index in [4.69, 9.17) is 5.21 Å². The molecule has 0 saturated heterocycles. The number of hydrogen-bond donors (Lipinski definition) is 4. The SMILES string of the molecule is O=C(CCCCN(CC(=O)Nc1ccccc1)CC(=O)Nc1ccccc1)NO. The van der Waals surface area contributed by atoms with E-state index in [1.165, 1.54) is 0 Å². The average Bonchev–Trinajstić information content (AvgIpc) is 2.72. The van der Waals surface area contributed by atoms with Gasteiger partial charge in [0.2, 0.25) is 17.7 Å². The first-order valence-electron chi connectivity index (χ1n) is 9.42. The van der Waals surface area contributed by atoms with Crippen molar-refractivity contribution in [2.45, 2.75) is 19.3 Å². The first-order chi connectivity index (χ1) is 14.1. The van der Waals surface area contributed by atoms with Crippen LogP contribution in [0.1, 0.15) is 19.3 Å². The molecule has 4 N–H and O–H groups in total. The molecule has 154 valence electrons. The lowest BCUT2D eigenvalue weighted by Gasteiger charge is -2.21. The van der Waals surface area contributed by atoms with E-state index >= 15 is 0 Å². The number of nitrogens with one attached hydrogen (secondary N) is 3. The molecule has 2 rings (SSSR count). The van der Waals surface area contributed by atoms with Gasteiger partial charge in [0, 0.05) is 17.8 Å². The summed E-state index contributed by atoms with van der Waals surface area (Å²) in [5.41, 5.74) is 2.96. The lowest BCUT2D eigenvalue weighted by Crippen LogP contribution is -2.39. The van der Waals surface area contributed by atoms with Gasteiger partial charge in [-0.25, -0.2) is 5.48 Å². The van der Waals surface area contributed by atoms with Gasteiger partial charge in [-0.15, -0.1) is 0 Å². The first-order valence-corrected chi connectivity index (χ1v) is 9.42. The summed E-state index contributed by atoms with van der Waals surface area (Å²) < 4.78 is 0. The Morgan fingerprint density at radius 2 is 1.21 bits per heavy atom. The van der Waals surface area contributed by atoms with Gasteiger partial charge in [0.05, 0.1) is 13.1 Å². The summed E-state index contributed by atoms with van der Waals surface area (Å²) in [5, 5.41) is 14.2. The molecule has 0 heterocycles. The van der Waals surface area contributed by atoms with Crippen molar-refractivity contribution >= 4 is 29.1 Å². The van der Waals surface area contributed by atoms with E-state index in [1.807, 2.05) is 36.4 Å². The summed E-state index contributed by atoms with van der Waals surface area (Å²) in [5.74, 6) is -0.909. The first kappa shape index (κ1) is 22.1. The number of nitrogens with zero attached hydrogens (tertiary/aromatic N) is 1. The van der Waals surface area contributed by atoms with Crippen molar-refractivity contribution in [1.29, 1.82) is 0 Å². The van der Waals surface area contributed by atoms with Gasteiger partial charge in [0.25, 0.3) is 0 Å². The number of hydroxylamine groups is 1. The second-order valence-electron chi connectivity index (χ2n) is 6.53. The van der Waals surface area contributed by atoms with Crippen LogP contribution in [0.2, 0.25) is 0 Å². The predicted octanol–water partition coefficient (Wildman–Crippen LogP) is 2.24. The van der Waals surface area contributed by atoms with E-state index in [-0.39, 0.29) is 31.3 Å². The average molecular weight is 398 g/mol. The minimum absolute atomic E-state index is 0.0449. The fraction of sp³-hybridized carbons (Fsp3) is 0.286. The maximum Gasteiger partial charge on any atom is 0.243 e. The van der Waals surface area contributed by atoms with Crippen molar-refractivity contribution in [1.82, 2.24) is 10.4 Å². The van der Waals surface area contributed by atoms with Crippen LogP contribution in [0.5, 0.6) is 0 Å². The molecule has 0 unspecified atom stereocenters. The third-order valence-electron chi connectivity index (χ3n) is 4.10. The second kappa shape index (κ2) is 12.3. The van der Waals surface area contributed by atoms with Crippen molar-refractivity contribution in [2.24, 2.45) is 0 Å². The Hall–Kier alpha value is -3.23. The molecule has 8 nitrogen and oxygen atoms in total. The third-order valence-corrected chi connectivity index (χ3v) is 4.10. The molecule has 0 saturated carbocycles. The summed E-state index contributed by atoms with van der Waals surface area (Å²) >= 11 is 0. The molecule has 3 amide bonds. The number of hydrogen-bond acceptors (Lipinski definition) is 5. The minimum atomic E-state index is -0.458. The van der Waals surface area contributed by atoms with Crippen molar-refractivity contribution in [2.75, 3.05) is 30.3 Å². The quantitative estimate of drug-likeness (QED) is 0.264. The number of benzene rings is 2. The largest absolute Gasteiger partial charge is 0.325 e. The molecular weight excluding hydrogens is 372 g/mol. The standard InChI is InChI=1S/C21H26N4O4/c26-19(24-29)13-7-8-14-25(15-20(27)22-17-9-3-1-4-10-17)16-21(28)23-18-11-5-2-6-12-18/h1-6,9-12,29H,7-8,13-16H2,(H,22,27)(H,23,28)(H,24,26). The van der Waals surface area contributed by atoms with Crippen LogP contribution in [0.3, 0.4) is 0 Å². The summed E-state index contributed by atoms with van der Waals surface area (Å²) in [6, 6.07) is 18.2. The van der Waals surface area contributed by atoms with Gasteiger partial charge in [-0.1, -0.05) is 36.4 Å². The van der Waals surface area contributed by atoms with Crippen LogP contribution < -0.4 is 16.1 Å². The maximum atomic E-state index is 12.4. The van der Waals surface area contributed by atoms with Crippen molar-refractivity contribution in [3.8, 4) is 0 Å². The number of carbonyl (C=O) groups is 3. The highest BCUT2D eigenvalue weighted by molar-refractivity contribution is 5.94. The Bertz CT molecular complexity index is 728. The highest BCUT2D eigenvalue weighted by Gasteiger charge is 2.15. The van der Waals surface area contributed by atoms with Crippen LogP contribution in [-0.2, 0) is 14.4 Å². The summed E-state index contributed by atoms with van der Waals surface area (Å²) in [4.78, 5) is 37.6. The molecule has 0 spiro atoms. The monoisotopic (exact) mass is 398 g/mol. The van der Waals surface area contributed by atoms with E-state index in [1.54, 1.807) is 34.6 Å². The van der Waals surface area contributed by atoms with Crippen LogP contribution in [0.25, 0.3) is 0 Å². The number of unbranched alkanes of at least 4 members (excludes halogenated alkanes) is 1. The number of carbonyl (C=O) groups excluding carboxylic acids is 3. The maximum absolute atomic E-state index is 12.4. The lowest BCUT2D eigenvalue weighted by molar-refractivity contribution is -0.129. The normalized spacial score (nSPS) is 10.4. The van der Waals surface area contributed by atoms with Crippen LogP contribution in [0, 0.1) is 0 Å². The minimum Gasteiger partial charge on any atom is -0.325 e. The molecule has 0 aliphatic carbocycles. The van der Waals surface area contributed by atoms with Crippen molar-refractivity contribution in [3.63, 3.8) is 0 Å². The highest BCUT2D eigenvalue weighted by Crippen LogP contribution is 2.07. The van der Waals surface area contributed by atoms with Crippen molar-refractivity contribution < 1.29 is 19.6 Å². The molecule has 8 heteroatoms. The lowest BCUT2D eigenvalue weighted by atomic mass is 10.2. The van der Waals surface area contributed by atoms with E-state index in [9.17, 15) is 14.4 Å². The van der Waals surface area contributed by atoms with Gasteiger partial charge in [0.1, 0.15) is 0 Å². The van der Waals surface area contributed by atoms with Gasteiger partial charge < -0.3 is 10.6 Å². The molecule has 0 fully saturated rings. The third kappa shape index (κ3) is 9.00. The van der Waals surface area contributed by atoms with Crippen LogP contribution in [-0.4, -0.2) is 47.5 Å². The van der Waals surface area contributed by atoms with Gasteiger partial charge in [-0.3, -0.25) is 24.5 Å². The molecular formula is C21H26N4O4. The Kier molecular flexibility index (Phi) is 9.34. The van der Waals surface area contributed by atoms with E-state index < -0.39 is 5.91 Å². The Morgan fingerprint density at radius 3 is 1.66 bits per heavy atom. The smallest absolute Gasteiger partial charge is 0.243 e. The molecule has 0 bridgehead atoms. The number of para-hydroxylation sites is 2. The molecule has 0 atom stereocenters. The van der Waals surface area contributed by atoms with Gasteiger partial charge in [0.15, 0.2) is 0 Å².